The number of rotatable bonds is 1. The number of fused-ring (bicyclic) bond motifs is 1. The van der Waals surface area contributed by atoms with Crippen molar-refractivity contribution < 1.29 is 9.50 Å². The SMILES string of the molecule is Cn1c(-c2c(O)c(Cl)cc(Cl)c2Cl)nc2ccc(F)cc21. The Hall–Kier alpha value is -1.49. The van der Waals surface area contributed by atoms with Gasteiger partial charge in [-0.25, -0.2) is 9.37 Å². The van der Waals surface area contributed by atoms with Crippen molar-refractivity contribution in [3.05, 3.63) is 45.2 Å². The van der Waals surface area contributed by atoms with E-state index in [-0.39, 0.29) is 32.2 Å². The summed E-state index contributed by atoms with van der Waals surface area (Å²) in [6, 6.07) is 5.56. The van der Waals surface area contributed by atoms with Crippen LogP contribution >= 0.6 is 34.8 Å². The summed E-state index contributed by atoms with van der Waals surface area (Å²) >= 11 is 18.1. The quantitative estimate of drug-likeness (QED) is 0.627. The summed E-state index contributed by atoms with van der Waals surface area (Å²) < 4.78 is 15.0. The number of phenolic OH excluding ortho intramolecular Hbond substituents is 1. The molecule has 0 aliphatic rings. The van der Waals surface area contributed by atoms with Crippen molar-refractivity contribution in [2.24, 2.45) is 7.05 Å². The van der Waals surface area contributed by atoms with E-state index in [0.717, 1.165) is 0 Å². The Morgan fingerprint density at radius 1 is 1.14 bits per heavy atom. The fourth-order valence-electron chi connectivity index (χ4n) is 2.18. The lowest BCUT2D eigenvalue weighted by atomic mass is 10.2. The number of imidazole rings is 1. The molecule has 0 saturated carbocycles. The number of nitrogens with zero attached hydrogens (tertiary/aromatic N) is 2. The summed E-state index contributed by atoms with van der Waals surface area (Å²) in [7, 11) is 1.69. The molecule has 1 aromatic heterocycles. The van der Waals surface area contributed by atoms with Crippen LogP contribution in [0.3, 0.4) is 0 Å². The van der Waals surface area contributed by atoms with E-state index in [1.807, 2.05) is 0 Å². The van der Waals surface area contributed by atoms with E-state index in [1.165, 1.54) is 18.2 Å². The number of phenols is 1. The van der Waals surface area contributed by atoms with Crippen LogP contribution in [0.15, 0.2) is 24.3 Å². The largest absolute Gasteiger partial charge is 0.506 e. The third-order valence-electron chi connectivity index (χ3n) is 3.21. The van der Waals surface area contributed by atoms with Crippen LogP contribution in [0.1, 0.15) is 0 Å². The first-order chi connectivity index (χ1) is 9.90. The third kappa shape index (κ3) is 2.24. The molecule has 0 radical (unpaired) electrons. The Morgan fingerprint density at radius 3 is 2.57 bits per heavy atom. The molecule has 1 heterocycles. The molecule has 7 heteroatoms. The second-order valence-electron chi connectivity index (χ2n) is 4.51. The highest BCUT2D eigenvalue weighted by Crippen LogP contribution is 2.44. The minimum absolute atomic E-state index is 0.0673. The maximum Gasteiger partial charge on any atom is 0.146 e. The van der Waals surface area contributed by atoms with E-state index in [1.54, 1.807) is 17.7 Å². The van der Waals surface area contributed by atoms with Gasteiger partial charge in [0.25, 0.3) is 0 Å². The van der Waals surface area contributed by atoms with Gasteiger partial charge in [0.05, 0.1) is 31.7 Å². The summed E-state index contributed by atoms with van der Waals surface area (Å²) in [6.07, 6.45) is 0. The maximum absolute atomic E-state index is 13.4. The molecule has 3 aromatic rings. The molecule has 0 aliphatic carbocycles. The molecule has 0 amide bonds. The zero-order chi connectivity index (χ0) is 15.3. The van der Waals surface area contributed by atoms with Crippen LogP contribution in [-0.2, 0) is 7.05 Å². The fraction of sp³-hybridized carbons (Fsp3) is 0.0714. The van der Waals surface area contributed by atoms with Gasteiger partial charge in [-0.2, -0.15) is 0 Å². The molecule has 21 heavy (non-hydrogen) atoms. The summed E-state index contributed by atoms with van der Waals surface area (Å²) in [5, 5.41) is 10.6. The van der Waals surface area contributed by atoms with Crippen molar-refractivity contribution in [3.8, 4) is 17.1 Å². The zero-order valence-corrected chi connectivity index (χ0v) is 12.9. The molecule has 0 saturated heterocycles. The summed E-state index contributed by atoms with van der Waals surface area (Å²) in [4.78, 5) is 4.36. The van der Waals surface area contributed by atoms with E-state index in [0.29, 0.717) is 16.9 Å². The molecule has 0 aliphatic heterocycles. The van der Waals surface area contributed by atoms with Gasteiger partial charge in [-0.15, -0.1) is 0 Å². The summed E-state index contributed by atoms with van der Waals surface area (Å²) in [6.45, 7) is 0. The van der Waals surface area contributed by atoms with Crippen LogP contribution in [0.25, 0.3) is 22.4 Å². The zero-order valence-electron chi connectivity index (χ0n) is 10.7. The molecule has 108 valence electrons. The number of aromatic hydroxyl groups is 1. The summed E-state index contributed by atoms with van der Waals surface area (Å²) in [5.41, 5.74) is 1.35. The molecule has 3 nitrogen and oxygen atoms in total. The second kappa shape index (κ2) is 5.05. The van der Waals surface area contributed by atoms with Crippen molar-refractivity contribution in [2.75, 3.05) is 0 Å². The van der Waals surface area contributed by atoms with Gasteiger partial charge < -0.3 is 9.67 Å². The Morgan fingerprint density at radius 2 is 1.86 bits per heavy atom. The van der Waals surface area contributed by atoms with E-state index in [9.17, 15) is 9.50 Å². The fourth-order valence-corrected chi connectivity index (χ4v) is 2.87. The molecule has 0 atom stereocenters. The molecule has 3 rings (SSSR count). The van der Waals surface area contributed by atoms with Crippen molar-refractivity contribution in [3.63, 3.8) is 0 Å². The van der Waals surface area contributed by atoms with Gasteiger partial charge in [-0.05, 0) is 24.3 Å². The summed E-state index contributed by atoms with van der Waals surface area (Å²) in [5.74, 6) is -0.246. The average molecular weight is 346 g/mol. The monoisotopic (exact) mass is 344 g/mol. The van der Waals surface area contributed by atoms with Crippen LogP contribution in [0.4, 0.5) is 4.39 Å². The molecule has 0 fully saturated rings. The van der Waals surface area contributed by atoms with Crippen LogP contribution < -0.4 is 0 Å². The lowest BCUT2D eigenvalue weighted by Gasteiger charge is -2.10. The third-order valence-corrected chi connectivity index (χ3v) is 4.29. The Balaban J connectivity index is 2.39. The van der Waals surface area contributed by atoms with E-state index in [4.69, 9.17) is 34.8 Å². The highest BCUT2D eigenvalue weighted by molar-refractivity contribution is 6.45. The number of hydrogen-bond acceptors (Lipinski definition) is 2. The highest BCUT2D eigenvalue weighted by Gasteiger charge is 2.21. The Bertz CT molecular complexity index is 850. The molecule has 0 spiro atoms. The Labute approximate surface area is 134 Å². The van der Waals surface area contributed by atoms with Crippen molar-refractivity contribution in [2.45, 2.75) is 0 Å². The van der Waals surface area contributed by atoms with Crippen LogP contribution in [0, 0.1) is 5.82 Å². The van der Waals surface area contributed by atoms with Gasteiger partial charge in [0, 0.05) is 7.05 Å². The first kappa shape index (κ1) is 14.4. The normalized spacial score (nSPS) is 11.3. The Kier molecular flexibility index (Phi) is 3.48. The predicted octanol–water partition coefficient (Wildman–Crippen LogP) is 5.05. The highest BCUT2D eigenvalue weighted by atomic mass is 35.5. The van der Waals surface area contributed by atoms with Crippen molar-refractivity contribution in [1.82, 2.24) is 9.55 Å². The van der Waals surface area contributed by atoms with E-state index in [2.05, 4.69) is 4.98 Å². The van der Waals surface area contributed by atoms with Crippen molar-refractivity contribution in [1.29, 1.82) is 0 Å². The molecular formula is C14H8Cl3FN2O. The van der Waals surface area contributed by atoms with Gasteiger partial charge in [-0.3, -0.25) is 0 Å². The number of hydrogen-bond donors (Lipinski definition) is 1. The predicted molar refractivity (Wildman–Crippen MR) is 82.8 cm³/mol. The lowest BCUT2D eigenvalue weighted by molar-refractivity contribution is 0.477. The van der Waals surface area contributed by atoms with Crippen LogP contribution in [0.2, 0.25) is 15.1 Å². The maximum atomic E-state index is 13.4. The topological polar surface area (TPSA) is 38.0 Å². The molecular weight excluding hydrogens is 338 g/mol. The van der Waals surface area contributed by atoms with Gasteiger partial charge in [0.1, 0.15) is 17.4 Å². The number of aryl methyl sites for hydroxylation is 1. The average Bonchev–Trinajstić information content (AvgIpc) is 2.75. The number of halogens is 4. The van der Waals surface area contributed by atoms with Gasteiger partial charge in [-0.1, -0.05) is 34.8 Å². The second-order valence-corrected chi connectivity index (χ2v) is 5.70. The smallest absolute Gasteiger partial charge is 0.146 e. The molecule has 2 aromatic carbocycles. The molecule has 0 unspecified atom stereocenters. The number of benzene rings is 2. The first-order valence-corrected chi connectivity index (χ1v) is 7.02. The first-order valence-electron chi connectivity index (χ1n) is 5.89. The van der Waals surface area contributed by atoms with Crippen LogP contribution in [-0.4, -0.2) is 14.7 Å². The van der Waals surface area contributed by atoms with Crippen LogP contribution in [0.5, 0.6) is 5.75 Å². The van der Waals surface area contributed by atoms with Crippen molar-refractivity contribution >= 4 is 45.8 Å². The standard InChI is InChI=1S/C14H8Cl3FN2O/c1-20-10-4-6(18)2-3-9(10)19-14(20)11-12(17)7(15)5-8(16)13(11)21/h2-5,21H,1H3. The molecule has 0 bridgehead atoms. The minimum atomic E-state index is -0.378. The lowest BCUT2D eigenvalue weighted by Crippen LogP contribution is -1.95. The van der Waals surface area contributed by atoms with Gasteiger partial charge in [0.15, 0.2) is 0 Å². The molecule has 1 N–H and O–H groups in total. The number of aromatic nitrogens is 2. The van der Waals surface area contributed by atoms with Gasteiger partial charge in [0.2, 0.25) is 0 Å². The van der Waals surface area contributed by atoms with E-state index < -0.39 is 0 Å². The van der Waals surface area contributed by atoms with Gasteiger partial charge >= 0.3 is 0 Å². The van der Waals surface area contributed by atoms with E-state index >= 15 is 0 Å². The minimum Gasteiger partial charge on any atom is -0.506 e.